The third-order valence-electron chi connectivity index (χ3n) is 2.52. The van der Waals surface area contributed by atoms with Gasteiger partial charge in [-0.1, -0.05) is 13.8 Å². The van der Waals surface area contributed by atoms with Crippen LogP contribution in [0.15, 0.2) is 10.9 Å². The Balaban J connectivity index is 3.39. The fourth-order valence-corrected chi connectivity index (χ4v) is 1.75. The van der Waals surface area contributed by atoms with E-state index in [0.717, 1.165) is 30.6 Å². The van der Waals surface area contributed by atoms with Crippen molar-refractivity contribution in [2.24, 2.45) is 0 Å². The van der Waals surface area contributed by atoms with Crippen molar-refractivity contribution in [2.75, 3.05) is 5.73 Å². The molecule has 0 fully saturated rings. The van der Waals surface area contributed by atoms with Crippen LogP contribution < -0.4 is 11.3 Å². The van der Waals surface area contributed by atoms with Gasteiger partial charge in [0.2, 0.25) is 0 Å². The molecule has 0 bridgehead atoms. The second kappa shape index (κ2) is 4.31. The third-order valence-corrected chi connectivity index (χ3v) is 2.52. The number of hydrogen-bond acceptors (Lipinski definition) is 2. The number of aromatic nitrogens is 1. The van der Waals surface area contributed by atoms with Crippen LogP contribution in [0.25, 0.3) is 0 Å². The molecule has 78 valence electrons. The predicted octanol–water partition coefficient (Wildman–Crippen LogP) is 1.71. The van der Waals surface area contributed by atoms with Crippen molar-refractivity contribution in [2.45, 2.75) is 40.2 Å². The Kier molecular flexibility index (Phi) is 3.33. The summed E-state index contributed by atoms with van der Waals surface area (Å²) in [5.41, 5.74) is 8.49. The van der Waals surface area contributed by atoms with Crippen molar-refractivity contribution in [1.82, 2.24) is 4.57 Å². The van der Waals surface area contributed by atoms with Gasteiger partial charge < -0.3 is 10.3 Å². The Hall–Kier alpha value is -1.25. The minimum Gasteiger partial charge on any atom is -0.398 e. The van der Waals surface area contributed by atoms with Crippen LogP contribution in [0.3, 0.4) is 0 Å². The van der Waals surface area contributed by atoms with E-state index in [1.807, 2.05) is 18.4 Å². The van der Waals surface area contributed by atoms with Crippen LogP contribution in [0, 0.1) is 6.92 Å². The molecular formula is C11H18N2O. The smallest absolute Gasteiger partial charge is 0.252 e. The lowest BCUT2D eigenvalue weighted by Gasteiger charge is -2.14. The van der Waals surface area contributed by atoms with E-state index in [-0.39, 0.29) is 5.56 Å². The summed E-state index contributed by atoms with van der Waals surface area (Å²) in [7, 11) is 0. The van der Waals surface area contributed by atoms with E-state index in [0.29, 0.717) is 5.69 Å². The molecule has 2 N–H and O–H groups in total. The summed E-state index contributed by atoms with van der Waals surface area (Å²) in [4.78, 5) is 11.6. The Labute approximate surface area is 84.6 Å². The van der Waals surface area contributed by atoms with E-state index in [1.54, 1.807) is 0 Å². The molecule has 0 unspecified atom stereocenters. The van der Waals surface area contributed by atoms with Gasteiger partial charge >= 0.3 is 0 Å². The molecule has 0 saturated carbocycles. The van der Waals surface area contributed by atoms with E-state index in [2.05, 4.69) is 6.92 Å². The van der Waals surface area contributed by atoms with Gasteiger partial charge in [-0.05, 0) is 25.3 Å². The average Bonchev–Trinajstić information content (AvgIpc) is 2.15. The summed E-state index contributed by atoms with van der Waals surface area (Å²) in [5.74, 6) is 0. The highest BCUT2D eigenvalue weighted by Gasteiger charge is 2.07. The average molecular weight is 194 g/mol. The van der Waals surface area contributed by atoms with Crippen molar-refractivity contribution < 1.29 is 0 Å². The Bertz CT molecular complexity index is 380. The first-order valence-corrected chi connectivity index (χ1v) is 5.10. The zero-order chi connectivity index (χ0) is 10.7. The maximum Gasteiger partial charge on any atom is 0.252 e. The Morgan fingerprint density at radius 1 is 1.43 bits per heavy atom. The van der Waals surface area contributed by atoms with Gasteiger partial charge in [0.1, 0.15) is 0 Å². The third kappa shape index (κ3) is 1.81. The van der Waals surface area contributed by atoms with Crippen LogP contribution in [0.4, 0.5) is 5.69 Å². The van der Waals surface area contributed by atoms with Crippen molar-refractivity contribution in [3.63, 3.8) is 0 Å². The van der Waals surface area contributed by atoms with Crippen molar-refractivity contribution in [3.8, 4) is 0 Å². The van der Waals surface area contributed by atoms with Gasteiger partial charge in [0.05, 0.1) is 0 Å². The molecule has 0 aromatic carbocycles. The molecule has 0 aliphatic rings. The number of nitrogen functional groups attached to an aromatic ring is 1. The molecule has 3 heteroatoms. The van der Waals surface area contributed by atoms with Gasteiger partial charge in [0, 0.05) is 24.0 Å². The lowest BCUT2D eigenvalue weighted by Crippen LogP contribution is -2.24. The molecule has 14 heavy (non-hydrogen) atoms. The molecule has 0 amide bonds. The fraction of sp³-hybridized carbons (Fsp3) is 0.545. The molecule has 0 aliphatic carbocycles. The number of nitrogens with zero attached hydrogens (tertiary/aromatic N) is 1. The molecule has 0 aliphatic heterocycles. The standard InChI is InChI=1S/C11H18N2O/c1-4-6-13-10(5-2)8(3)9(12)7-11(13)14/h7H,4-6,12H2,1-3H3. The first kappa shape index (κ1) is 10.8. The van der Waals surface area contributed by atoms with E-state index in [4.69, 9.17) is 5.73 Å². The summed E-state index contributed by atoms with van der Waals surface area (Å²) < 4.78 is 1.83. The second-order valence-corrected chi connectivity index (χ2v) is 3.51. The molecule has 1 aromatic rings. The van der Waals surface area contributed by atoms with Crippen LogP contribution in [0.2, 0.25) is 0 Å². The van der Waals surface area contributed by atoms with Gasteiger partial charge in [0.25, 0.3) is 5.56 Å². The molecule has 0 spiro atoms. The predicted molar refractivity (Wildman–Crippen MR) is 59.5 cm³/mol. The minimum absolute atomic E-state index is 0.0202. The highest BCUT2D eigenvalue weighted by molar-refractivity contribution is 5.47. The van der Waals surface area contributed by atoms with Crippen molar-refractivity contribution in [1.29, 1.82) is 0 Å². The maximum atomic E-state index is 11.6. The van der Waals surface area contributed by atoms with Crippen molar-refractivity contribution in [3.05, 3.63) is 27.7 Å². The Morgan fingerprint density at radius 3 is 2.57 bits per heavy atom. The lowest BCUT2D eigenvalue weighted by molar-refractivity contribution is 0.619. The highest BCUT2D eigenvalue weighted by atomic mass is 16.1. The monoisotopic (exact) mass is 194 g/mol. The topological polar surface area (TPSA) is 48.0 Å². The first-order valence-electron chi connectivity index (χ1n) is 5.10. The molecule has 0 atom stereocenters. The van der Waals surface area contributed by atoms with Gasteiger partial charge in [-0.15, -0.1) is 0 Å². The highest BCUT2D eigenvalue weighted by Crippen LogP contribution is 2.13. The summed E-state index contributed by atoms with van der Waals surface area (Å²) >= 11 is 0. The largest absolute Gasteiger partial charge is 0.398 e. The number of pyridine rings is 1. The zero-order valence-corrected chi connectivity index (χ0v) is 9.13. The maximum absolute atomic E-state index is 11.6. The van der Waals surface area contributed by atoms with E-state index >= 15 is 0 Å². The van der Waals surface area contributed by atoms with Gasteiger partial charge in [-0.2, -0.15) is 0 Å². The van der Waals surface area contributed by atoms with E-state index in [1.165, 1.54) is 6.07 Å². The Morgan fingerprint density at radius 2 is 2.07 bits per heavy atom. The van der Waals surface area contributed by atoms with Crippen LogP contribution >= 0.6 is 0 Å². The SMILES string of the molecule is CCCn1c(CC)c(C)c(N)cc1=O. The number of hydrogen-bond donors (Lipinski definition) is 1. The summed E-state index contributed by atoms with van der Waals surface area (Å²) in [6, 6.07) is 1.52. The van der Waals surface area contributed by atoms with Gasteiger partial charge in [0.15, 0.2) is 0 Å². The molecule has 1 heterocycles. The van der Waals surface area contributed by atoms with Crippen LogP contribution in [0.5, 0.6) is 0 Å². The van der Waals surface area contributed by atoms with Crippen LogP contribution in [0.1, 0.15) is 31.5 Å². The number of rotatable bonds is 3. The van der Waals surface area contributed by atoms with E-state index < -0.39 is 0 Å². The molecule has 3 nitrogen and oxygen atoms in total. The van der Waals surface area contributed by atoms with E-state index in [9.17, 15) is 4.79 Å². The normalized spacial score (nSPS) is 10.5. The van der Waals surface area contributed by atoms with Crippen LogP contribution in [-0.4, -0.2) is 4.57 Å². The van der Waals surface area contributed by atoms with Gasteiger partial charge in [-0.3, -0.25) is 4.79 Å². The molecular weight excluding hydrogens is 176 g/mol. The van der Waals surface area contributed by atoms with Crippen molar-refractivity contribution >= 4 is 5.69 Å². The summed E-state index contributed by atoms with van der Waals surface area (Å²) in [5, 5.41) is 0. The summed E-state index contributed by atoms with van der Waals surface area (Å²) in [6.07, 6.45) is 1.82. The molecule has 0 radical (unpaired) electrons. The van der Waals surface area contributed by atoms with Gasteiger partial charge in [-0.25, -0.2) is 0 Å². The minimum atomic E-state index is 0.0202. The van der Waals surface area contributed by atoms with Crippen LogP contribution in [-0.2, 0) is 13.0 Å². The zero-order valence-electron chi connectivity index (χ0n) is 9.13. The summed E-state index contributed by atoms with van der Waals surface area (Å²) in [6.45, 7) is 6.87. The number of nitrogens with two attached hydrogens (primary N) is 1. The molecule has 1 aromatic heterocycles. The number of anilines is 1. The lowest BCUT2D eigenvalue weighted by atomic mass is 10.1. The molecule has 0 saturated heterocycles. The molecule has 1 rings (SSSR count). The fourth-order valence-electron chi connectivity index (χ4n) is 1.75. The second-order valence-electron chi connectivity index (χ2n) is 3.51. The first-order chi connectivity index (χ1) is 6.61. The quantitative estimate of drug-likeness (QED) is 0.796.